The monoisotopic (exact) mass is 249 g/mol. The predicted molar refractivity (Wildman–Crippen MR) is 75.1 cm³/mol. The summed E-state index contributed by atoms with van der Waals surface area (Å²) in [5.74, 6) is 2.68. The number of hydrogen-bond donors (Lipinski definition) is 2. The molecule has 1 aromatic rings. The van der Waals surface area contributed by atoms with E-state index in [0.717, 1.165) is 50.3 Å². The normalized spacial score (nSPS) is 14.5. The van der Waals surface area contributed by atoms with E-state index in [-0.39, 0.29) is 0 Å². The van der Waals surface area contributed by atoms with Gasteiger partial charge >= 0.3 is 0 Å². The van der Waals surface area contributed by atoms with Crippen LogP contribution in [0.2, 0.25) is 0 Å². The van der Waals surface area contributed by atoms with Crippen molar-refractivity contribution < 1.29 is 4.74 Å². The lowest BCUT2D eigenvalue weighted by atomic mass is 10.4. The highest BCUT2D eigenvalue weighted by molar-refractivity contribution is 5.44. The fourth-order valence-corrected chi connectivity index (χ4v) is 1.67. The second-order valence-corrected chi connectivity index (χ2v) is 4.78. The molecule has 0 atom stereocenters. The summed E-state index contributed by atoms with van der Waals surface area (Å²) >= 11 is 0. The van der Waals surface area contributed by atoms with Gasteiger partial charge in [-0.1, -0.05) is 13.0 Å². The second-order valence-electron chi connectivity index (χ2n) is 4.78. The van der Waals surface area contributed by atoms with E-state index in [1.807, 2.05) is 18.2 Å². The first kappa shape index (κ1) is 13.1. The van der Waals surface area contributed by atoms with Gasteiger partial charge in [0.15, 0.2) is 0 Å². The third kappa shape index (κ3) is 4.92. The number of anilines is 2. The number of nitrogens with zero attached hydrogens (tertiary/aromatic N) is 1. The molecule has 0 unspecified atom stereocenters. The third-order valence-corrected chi connectivity index (χ3v) is 2.91. The number of rotatable bonds is 9. The number of hydrogen-bond acceptors (Lipinski definition) is 4. The predicted octanol–water partition coefficient (Wildman–Crippen LogP) is 2.74. The molecular weight excluding hydrogens is 226 g/mol. The Bertz CT molecular complexity index is 353. The second kappa shape index (κ2) is 7.21. The van der Waals surface area contributed by atoms with E-state index in [1.165, 1.54) is 12.8 Å². The van der Waals surface area contributed by atoms with E-state index in [0.29, 0.717) is 0 Å². The highest BCUT2D eigenvalue weighted by Crippen LogP contribution is 2.28. The van der Waals surface area contributed by atoms with Gasteiger partial charge in [0.1, 0.15) is 11.6 Å². The molecule has 1 aromatic heterocycles. The van der Waals surface area contributed by atoms with Crippen molar-refractivity contribution in [1.82, 2.24) is 4.98 Å². The van der Waals surface area contributed by atoms with Crippen molar-refractivity contribution in [3.05, 3.63) is 18.2 Å². The first-order chi connectivity index (χ1) is 8.88. The third-order valence-electron chi connectivity index (χ3n) is 2.91. The minimum absolute atomic E-state index is 0.755. The van der Waals surface area contributed by atoms with Crippen LogP contribution in [0.25, 0.3) is 0 Å². The molecule has 1 saturated carbocycles. The molecule has 18 heavy (non-hydrogen) atoms. The Labute approximate surface area is 109 Å². The Morgan fingerprint density at radius 1 is 1.22 bits per heavy atom. The quantitative estimate of drug-likeness (QED) is 0.661. The summed E-state index contributed by atoms with van der Waals surface area (Å²) in [6.07, 6.45) is 3.80. The summed E-state index contributed by atoms with van der Waals surface area (Å²) in [5.41, 5.74) is 0. The molecule has 1 aliphatic carbocycles. The molecule has 1 heterocycles. The molecule has 0 aromatic carbocycles. The molecule has 0 aliphatic heterocycles. The molecule has 0 radical (unpaired) electrons. The van der Waals surface area contributed by atoms with Crippen LogP contribution in [-0.2, 0) is 4.74 Å². The van der Waals surface area contributed by atoms with Crippen LogP contribution in [0.4, 0.5) is 11.6 Å². The first-order valence-electron chi connectivity index (χ1n) is 6.91. The number of ether oxygens (including phenoxy) is 1. The summed E-state index contributed by atoms with van der Waals surface area (Å²) in [7, 11) is 0. The van der Waals surface area contributed by atoms with Gasteiger partial charge in [-0.25, -0.2) is 4.98 Å². The molecule has 0 bridgehead atoms. The Morgan fingerprint density at radius 2 is 1.94 bits per heavy atom. The summed E-state index contributed by atoms with van der Waals surface area (Å²) in [6, 6.07) is 5.99. The van der Waals surface area contributed by atoms with Gasteiger partial charge in [0.2, 0.25) is 0 Å². The molecule has 1 aliphatic rings. The molecule has 100 valence electrons. The highest BCUT2D eigenvalue weighted by atomic mass is 16.5. The zero-order valence-corrected chi connectivity index (χ0v) is 11.1. The number of nitrogens with one attached hydrogen (secondary N) is 2. The smallest absolute Gasteiger partial charge is 0.128 e. The molecule has 4 nitrogen and oxygen atoms in total. The topological polar surface area (TPSA) is 46.2 Å². The van der Waals surface area contributed by atoms with Crippen LogP contribution < -0.4 is 10.6 Å². The van der Waals surface area contributed by atoms with Crippen LogP contribution in [0.3, 0.4) is 0 Å². The van der Waals surface area contributed by atoms with Gasteiger partial charge in [-0.3, -0.25) is 0 Å². The van der Waals surface area contributed by atoms with Gasteiger partial charge in [-0.2, -0.15) is 0 Å². The zero-order chi connectivity index (χ0) is 12.6. The number of pyridine rings is 1. The number of aromatic nitrogens is 1. The van der Waals surface area contributed by atoms with Crippen LogP contribution >= 0.6 is 0 Å². The van der Waals surface area contributed by atoms with E-state index in [4.69, 9.17) is 4.74 Å². The van der Waals surface area contributed by atoms with E-state index < -0.39 is 0 Å². The summed E-state index contributed by atoms with van der Waals surface area (Å²) < 4.78 is 5.57. The molecule has 0 saturated heterocycles. The van der Waals surface area contributed by atoms with Gasteiger partial charge in [0.25, 0.3) is 0 Å². The lowest BCUT2D eigenvalue weighted by Gasteiger charge is -2.09. The van der Waals surface area contributed by atoms with Gasteiger partial charge < -0.3 is 15.4 Å². The van der Waals surface area contributed by atoms with E-state index in [1.54, 1.807) is 0 Å². The molecule has 0 amide bonds. The summed E-state index contributed by atoms with van der Waals surface area (Å²) in [5, 5.41) is 6.56. The summed E-state index contributed by atoms with van der Waals surface area (Å²) in [6.45, 7) is 5.60. The van der Waals surface area contributed by atoms with Crippen LogP contribution in [0.15, 0.2) is 18.2 Å². The zero-order valence-electron chi connectivity index (χ0n) is 11.1. The van der Waals surface area contributed by atoms with Crippen molar-refractivity contribution >= 4 is 11.6 Å². The molecular formula is C14H23N3O. The van der Waals surface area contributed by atoms with Crippen molar-refractivity contribution in [3.8, 4) is 0 Å². The van der Waals surface area contributed by atoms with Gasteiger partial charge in [0, 0.05) is 19.7 Å². The van der Waals surface area contributed by atoms with Crippen molar-refractivity contribution in [2.24, 2.45) is 5.92 Å². The highest BCUT2D eigenvalue weighted by Gasteiger charge is 2.20. The standard InChI is InChI=1S/C14H23N3O/c1-2-8-15-13-4-3-5-14(17-13)16-9-10-18-11-12-6-7-12/h3-5,12H,2,6-11H2,1H3,(H2,15,16,17). The molecule has 0 spiro atoms. The molecule has 2 N–H and O–H groups in total. The van der Waals surface area contributed by atoms with Crippen molar-refractivity contribution in [2.75, 3.05) is 36.9 Å². The fourth-order valence-electron chi connectivity index (χ4n) is 1.67. The molecule has 4 heteroatoms. The maximum atomic E-state index is 5.57. The van der Waals surface area contributed by atoms with Crippen LogP contribution in [0.1, 0.15) is 26.2 Å². The summed E-state index contributed by atoms with van der Waals surface area (Å²) in [4.78, 5) is 4.48. The van der Waals surface area contributed by atoms with Gasteiger partial charge in [0.05, 0.1) is 6.61 Å². The van der Waals surface area contributed by atoms with Crippen molar-refractivity contribution in [3.63, 3.8) is 0 Å². The first-order valence-corrected chi connectivity index (χ1v) is 6.91. The van der Waals surface area contributed by atoms with Gasteiger partial charge in [-0.15, -0.1) is 0 Å². The Kier molecular flexibility index (Phi) is 5.27. The SMILES string of the molecule is CCCNc1cccc(NCCOCC2CC2)n1. The maximum Gasteiger partial charge on any atom is 0.128 e. The molecule has 1 fully saturated rings. The van der Waals surface area contributed by atoms with Crippen LogP contribution in [0.5, 0.6) is 0 Å². The van der Waals surface area contributed by atoms with Crippen LogP contribution in [0, 0.1) is 5.92 Å². The van der Waals surface area contributed by atoms with Crippen molar-refractivity contribution in [1.29, 1.82) is 0 Å². The minimum atomic E-state index is 0.755. The van der Waals surface area contributed by atoms with E-state index in [9.17, 15) is 0 Å². The average molecular weight is 249 g/mol. The largest absolute Gasteiger partial charge is 0.379 e. The Balaban J connectivity index is 1.64. The Hall–Kier alpha value is -1.29. The molecule has 2 rings (SSSR count). The van der Waals surface area contributed by atoms with Crippen LogP contribution in [-0.4, -0.2) is 31.3 Å². The van der Waals surface area contributed by atoms with Gasteiger partial charge in [-0.05, 0) is 37.3 Å². The van der Waals surface area contributed by atoms with E-state index in [2.05, 4.69) is 22.5 Å². The Morgan fingerprint density at radius 3 is 2.61 bits per heavy atom. The lowest BCUT2D eigenvalue weighted by Crippen LogP contribution is -2.12. The minimum Gasteiger partial charge on any atom is -0.379 e. The van der Waals surface area contributed by atoms with E-state index >= 15 is 0 Å². The fraction of sp³-hybridized carbons (Fsp3) is 0.643. The average Bonchev–Trinajstić information content (AvgIpc) is 3.20. The van der Waals surface area contributed by atoms with Crippen molar-refractivity contribution in [2.45, 2.75) is 26.2 Å². The lowest BCUT2D eigenvalue weighted by molar-refractivity contribution is 0.134. The maximum absolute atomic E-state index is 5.57.